The van der Waals surface area contributed by atoms with E-state index in [1.165, 1.54) is 0 Å². The number of carbonyl (C=O) groups is 2. The first kappa shape index (κ1) is 17.5. The second-order valence-corrected chi connectivity index (χ2v) is 6.73. The lowest BCUT2D eigenvalue weighted by atomic mass is 9.97. The summed E-state index contributed by atoms with van der Waals surface area (Å²) in [6.45, 7) is 1.10. The van der Waals surface area contributed by atoms with Crippen molar-refractivity contribution in [2.75, 3.05) is 13.2 Å². The van der Waals surface area contributed by atoms with Crippen LogP contribution in [0.15, 0.2) is 60.8 Å². The number of carbonyl (C=O) groups excluding carboxylic acids is 2. The van der Waals surface area contributed by atoms with E-state index in [0.717, 1.165) is 10.9 Å². The number of benzene rings is 2. The van der Waals surface area contributed by atoms with Crippen LogP contribution in [0.25, 0.3) is 10.9 Å². The van der Waals surface area contributed by atoms with Crippen molar-refractivity contribution in [1.29, 1.82) is 0 Å². The predicted octanol–water partition coefficient (Wildman–Crippen LogP) is 4.06. The van der Waals surface area contributed by atoms with E-state index in [2.05, 4.69) is 4.98 Å². The van der Waals surface area contributed by atoms with Gasteiger partial charge in [0.2, 0.25) is 5.78 Å². The summed E-state index contributed by atoms with van der Waals surface area (Å²) in [6, 6.07) is 16.8. The summed E-state index contributed by atoms with van der Waals surface area (Å²) in [4.78, 5) is 29.1. The van der Waals surface area contributed by atoms with Crippen molar-refractivity contribution in [3.8, 4) is 0 Å². The maximum absolute atomic E-state index is 13.3. The molecule has 1 atom stereocenters. The summed E-state index contributed by atoms with van der Waals surface area (Å²) in [5, 5.41) is 0.825. The van der Waals surface area contributed by atoms with Gasteiger partial charge in [0.15, 0.2) is 6.10 Å². The van der Waals surface area contributed by atoms with E-state index in [-0.39, 0.29) is 17.7 Å². The van der Waals surface area contributed by atoms with Gasteiger partial charge in [-0.05, 0) is 18.9 Å². The summed E-state index contributed by atoms with van der Waals surface area (Å²) < 4.78 is 11.1. The topological polar surface area (TPSA) is 68.4 Å². The number of aromatic nitrogens is 1. The van der Waals surface area contributed by atoms with Crippen LogP contribution >= 0.6 is 0 Å². The number of hydrogen-bond donors (Lipinski definition) is 1. The molecule has 0 unspecified atom stereocenters. The minimum absolute atomic E-state index is 0.222. The molecule has 0 radical (unpaired) electrons. The number of ether oxygens (including phenoxy) is 2. The molecule has 27 heavy (non-hydrogen) atoms. The summed E-state index contributed by atoms with van der Waals surface area (Å²) >= 11 is 0. The highest BCUT2D eigenvalue weighted by Gasteiger charge is 2.31. The average molecular weight is 363 g/mol. The van der Waals surface area contributed by atoms with Crippen molar-refractivity contribution < 1.29 is 19.1 Å². The molecule has 0 bridgehead atoms. The van der Waals surface area contributed by atoms with Crippen LogP contribution in [0, 0.1) is 5.92 Å². The van der Waals surface area contributed by atoms with Gasteiger partial charge in [0.1, 0.15) is 0 Å². The first-order valence-corrected chi connectivity index (χ1v) is 9.17. The van der Waals surface area contributed by atoms with E-state index in [1.54, 1.807) is 6.20 Å². The molecular weight excluding hydrogens is 342 g/mol. The predicted molar refractivity (Wildman–Crippen MR) is 101 cm³/mol. The fourth-order valence-corrected chi connectivity index (χ4v) is 3.46. The van der Waals surface area contributed by atoms with Gasteiger partial charge in [-0.15, -0.1) is 0 Å². The van der Waals surface area contributed by atoms with Crippen LogP contribution in [0.4, 0.5) is 0 Å². The van der Waals surface area contributed by atoms with Crippen molar-refractivity contribution in [3.63, 3.8) is 0 Å². The zero-order valence-electron chi connectivity index (χ0n) is 14.9. The standard InChI is InChI=1S/C22H21NO4/c24-20(18-14-23-19-9-5-4-8-17(18)19)21(15-6-2-1-3-7-15)27-22(25)16-10-12-26-13-11-16/h1-9,14,16,21,23H,10-13H2/t21-/m0/s1. The summed E-state index contributed by atoms with van der Waals surface area (Å²) in [7, 11) is 0. The van der Waals surface area contributed by atoms with Crippen LogP contribution in [0.1, 0.15) is 34.9 Å². The van der Waals surface area contributed by atoms with E-state index in [0.29, 0.717) is 37.2 Å². The number of aromatic amines is 1. The molecule has 1 aliphatic rings. The van der Waals surface area contributed by atoms with Gasteiger partial charge in [0.25, 0.3) is 0 Å². The number of esters is 1. The molecule has 1 aromatic heterocycles. The van der Waals surface area contributed by atoms with E-state index in [9.17, 15) is 9.59 Å². The highest BCUT2D eigenvalue weighted by Crippen LogP contribution is 2.29. The SMILES string of the molecule is O=C(O[C@H](C(=O)c1c[nH]c2ccccc12)c1ccccc1)C1CCOCC1. The normalized spacial score (nSPS) is 16.1. The van der Waals surface area contributed by atoms with Crippen molar-refractivity contribution in [1.82, 2.24) is 4.98 Å². The number of rotatable bonds is 5. The zero-order chi connectivity index (χ0) is 18.6. The van der Waals surface area contributed by atoms with Crippen LogP contribution in [0.5, 0.6) is 0 Å². The Bertz CT molecular complexity index is 941. The molecular formula is C22H21NO4. The van der Waals surface area contributed by atoms with Gasteiger partial charge < -0.3 is 14.5 Å². The maximum Gasteiger partial charge on any atom is 0.310 e. The Morgan fingerprint density at radius 3 is 2.48 bits per heavy atom. The molecule has 5 heteroatoms. The average Bonchev–Trinajstić information content (AvgIpc) is 3.17. The monoisotopic (exact) mass is 363 g/mol. The molecule has 1 fully saturated rings. The molecule has 1 saturated heterocycles. The molecule has 1 N–H and O–H groups in total. The molecule has 1 aliphatic heterocycles. The molecule has 138 valence electrons. The molecule has 3 aromatic rings. The number of para-hydroxylation sites is 1. The van der Waals surface area contributed by atoms with Crippen molar-refractivity contribution in [2.45, 2.75) is 18.9 Å². The Labute approximate surface area is 157 Å². The quantitative estimate of drug-likeness (QED) is 0.548. The number of ketones is 1. The van der Waals surface area contributed by atoms with Gasteiger partial charge >= 0.3 is 5.97 Å². The molecule has 0 spiro atoms. The smallest absolute Gasteiger partial charge is 0.310 e. The molecule has 0 amide bonds. The summed E-state index contributed by atoms with van der Waals surface area (Å²) in [5.74, 6) is -0.778. The molecule has 5 nitrogen and oxygen atoms in total. The Balaban J connectivity index is 1.65. The maximum atomic E-state index is 13.3. The highest BCUT2D eigenvalue weighted by molar-refractivity contribution is 6.10. The largest absolute Gasteiger partial charge is 0.449 e. The Morgan fingerprint density at radius 1 is 1.00 bits per heavy atom. The second kappa shape index (κ2) is 7.76. The van der Waals surface area contributed by atoms with Gasteiger partial charge in [-0.1, -0.05) is 48.5 Å². The lowest BCUT2D eigenvalue weighted by Crippen LogP contribution is -2.28. The van der Waals surface area contributed by atoms with Crippen molar-refractivity contribution >= 4 is 22.7 Å². The molecule has 2 heterocycles. The fourth-order valence-electron chi connectivity index (χ4n) is 3.46. The lowest BCUT2D eigenvalue weighted by Gasteiger charge is -2.24. The van der Waals surface area contributed by atoms with Crippen molar-refractivity contribution in [3.05, 3.63) is 71.9 Å². The van der Waals surface area contributed by atoms with E-state index in [1.807, 2.05) is 54.6 Å². The summed E-state index contributed by atoms with van der Waals surface area (Å²) in [5.41, 5.74) is 2.08. The molecule has 0 aliphatic carbocycles. The molecule has 2 aromatic carbocycles. The summed E-state index contributed by atoms with van der Waals surface area (Å²) in [6.07, 6.45) is 1.98. The first-order chi connectivity index (χ1) is 13.2. The Morgan fingerprint density at radius 2 is 1.70 bits per heavy atom. The number of nitrogens with one attached hydrogen (secondary N) is 1. The van der Waals surface area contributed by atoms with Crippen molar-refractivity contribution in [2.24, 2.45) is 5.92 Å². The third kappa shape index (κ3) is 3.64. The van der Waals surface area contributed by atoms with Crippen LogP contribution in [0.3, 0.4) is 0 Å². The number of hydrogen-bond acceptors (Lipinski definition) is 4. The van der Waals surface area contributed by atoms with Gasteiger partial charge in [-0.25, -0.2) is 0 Å². The minimum atomic E-state index is -0.958. The third-order valence-corrected chi connectivity index (χ3v) is 4.98. The Kier molecular flexibility index (Phi) is 5.03. The van der Waals surface area contributed by atoms with Crippen LogP contribution in [-0.4, -0.2) is 30.0 Å². The first-order valence-electron chi connectivity index (χ1n) is 9.17. The van der Waals surface area contributed by atoms with E-state index in [4.69, 9.17) is 9.47 Å². The van der Waals surface area contributed by atoms with Gasteiger partial charge in [-0.2, -0.15) is 0 Å². The highest BCUT2D eigenvalue weighted by atomic mass is 16.5. The molecule has 0 saturated carbocycles. The van der Waals surface area contributed by atoms with Crippen LogP contribution in [0.2, 0.25) is 0 Å². The van der Waals surface area contributed by atoms with Gasteiger partial charge in [0.05, 0.1) is 5.92 Å². The van der Waals surface area contributed by atoms with Gasteiger partial charge in [-0.3, -0.25) is 9.59 Å². The second-order valence-electron chi connectivity index (χ2n) is 6.73. The van der Waals surface area contributed by atoms with Gasteiger partial charge in [0, 0.05) is 41.4 Å². The lowest BCUT2D eigenvalue weighted by molar-refractivity contribution is -0.155. The minimum Gasteiger partial charge on any atom is -0.449 e. The number of fused-ring (bicyclic) bond motifs is 1. The number of Topliss-reactive ketones (excluding diaryl/α,β-unsaturated/α-hetero) is 1. The Hall–Kier alpha value is -2.92. The van der Waals surface area contributed by atoms with E-state index < -0.39 is 6.10 Å². The van der Waals surface area contributed by atoms with E-state index >= 15 is 0 Å². The molecule has 4 rings (SSSR count). The third-order valence-electron chi connectivity index (χ3n) is 4.98. The van der Waals surface area contributed by atoms with Crippen LogP contribution in [-0.2, 0) is 14.3 Å². The van der Waals surface area contributed by atoms with Crippen LogP contribution < -0.4 is 0 Å². The zero-order valence-corrected chi connectivity index (χ0v) is 14.9. The number of H-pyrrole nitrogens is 1. The fraction of sp³-hybridized carbons (Fsp3) is 0.273.